The highest BCUT2D eigenvalue weighted by Gasteiger charge is 2.45. The van der Waals surface area contributed by atoms with E-state index in [-0.39, 0.29) is 22.4 Å². The van der Waals surface area contributed by atoms with Gasteiger partial charge in [0.1, 0.15) is 17.3 Å². The molecule has 8 heteroatoms. The molecule has 1 fully saturated rings. The standard InChI is InChI=1S/C28H27F3N2O2S/c1-28(2,31)26(21-11-23(29)14-24(30)12-21)22-16-33(17-22)27(19-7-4-6-18(10-19)15-32)20-8-5-9-25(13-20)36(3,34)35/h4-14,22,26-27H,16-17H2,1-3H3/t26-,27?/m1/s1. The predicted octanol–water partition coefficient (Wildman–Crippen LogP) is 5.79. The summed E-state index contributed by atoms with van der Waals surface area (Å²) in [5.74, 6) is -2.48. The molecule has 4 rings (SSSR count). The summed E-state index contributed by atoms with van der Waals surface area (Å²) in [6.45, 7) is 3.65. The highest BCUT2D eigenvalue weighted by atomic mass is 32.2. The molecule has 1 aliphatic rings. The largest absolute Gasteiger partial charge is 0.292 e. The number of halogens is 3. The maximum absolute atomic E-state index is 15.4. The van der Waals surface area contributed by atoms with Crippen LogP contribution in [0, 0.1) is 28.9 Å². The smallest absolute Gasteiger partial charge is 0.175 e. The first kappa shape index (κ1) is 25.9. The van der Waals surface area contributed by atoms with Crippen LogP contribution >= 0.6 is 0 Å². The molecule has 0 aromatic heterocycles. The molecule has 36 heavy (non-hydrogen) atoms. The van der Waals surface area contributed by atoms with Crippen LogP contribution in [0.25, 0.3) is 0 Å². The van der Waals surface area contributed by atoms with Crippen molar-refractivity contribution in [3.05, 3.63) is 101 Å². The van der Waals surface area contributed by atoms with Gasteiger partial charge in [-0.1, -0.05) is 24.3 Å². The van der Waals surface area contributed by atoms with E-state index in [2.05, 4.69) is 11.0 Å². The van der Waals surface area contributed by atoms with Gasteiger partial charge in [0.25, 0.3) is 0 Å². The van der Waals surface area contributed by atoms with E-state index in [0.29, 0.717) is 18.7 Å². The molecule has 0 bridgehead atoms. The van der Waals surface area contributed by atoms with Crippen LogP contribution in [-0.4, -0.2) is 38.3 Å². The number of nitrogens with zero attached hydrogens (tertiary/aromatic N) is 2. The zero-order chi connectivity index (χ0) is 26.3. The van der Waals surface area contributed by atoms with Crippen molar-refractivity contribution in [3.8, 4) is 6.07 Å². The SMILES string of the molecule is CC(C)(F)[C@H](c1cc(F)cc(F)c1)C1CN(C(c2cccc(C#N)c2)c2cccc(S(C)(=O)=O)c2)C1. The van der Waals surface area contributed by atoms with Gasteiger partial charge in [-0.3, -0.25) is 4.90 Å². The maximum Gasteiger partial charge on any atom is 0.175 e. The zero-order valence-electron chi connectivity index (χ0n) is 20.3. The highest BCUT2D eigenvalue weighted by Crippen LogP contribution is 2.45. The lowest BCUT2D eigenvalue weighted by molar-refractivity contribution is 0.00800. The molecule has 0 radical (unpaired) electrons. The zero-order valence-corrected chi connectivity index (χ0v) is 21.1. The number of sulfone groups is 1. The third-order valence-electron chi connectivity index (χ3n) is 6.69. The first-order valence-electron chi connectivity index (χ1n) is 11.6. The Kier molecular flexibility index (Phi) is 7.00. The molecule has 3 aromatic rings. The van der Waals surface area contributed by atoms with Crippen LogP contribution in [0.4, 0.5) is 13.2 Å². The summed E-state index contributed by atoms with van der Waals surface area (Å²) < 4.78 is 67.7. The van der Waals surface area contributed by atoms with Crippen LogP contribution in [-0.2, 0) is 9.84 Å². The van der Waals surface area contributed by atoms with Crippen molar-refractivity contribution in [1.29, 1.82) is 5.26 Å². The lowest BCUT2D eigenvalue weighted by atomic mass is 9.72. The Bertz CT molecular complexity index is 1400. The quantitative estimate of drug-likeness (QED) is 0.402. The molecule has 0 amide bonds. The van der Waals surface area contributed by atoms with Gasteiger partial charge in [0.05, 0.1) is 22.6 Å². The second-order valence-electron chi connectivity index (χ2n) is 9.94. The van der Waals surface area contributed by atoms with E-state index in [1.165, 1.54) is 32.0 Å². The molecule has 0 saturated carbocycles. The molecule has 0 aliphatic carbocycles. The summed E-state index contributed by atoms with van der Waals surface area (Å²) in [7, 11) is -3.45. The lowest BCUT2D eigenvalue weighted by Crippen LogP contribution is -2.53. The molecule has 1 aliphatic heterocycles. The van der Waals surface area contributed by atoms with E-state index in [9.17, 15) is 22.5 Å². The minimum Gasteiger partial charge on any atom is -0.292 e. The first-order chi connectivity index (χ1) is 16.9. The number of benzene rings is 3. The molecule has 2 atom stereocenters. The maximum atomic E-state index is 15.4. The summed E-state index contributed by atoms with van der Waals surface area (Å²) in [6, 6.07) is 18.6. The minimum absolute atomic E-state index is 0.177. The second kappa shape index (κ2) is 9.72. The van der Waals surface area contributed by atoms with Crippen LogP contribution in [0.5, 0.6) is 0 Å². The van der Waals surface area contributed by atoms with Gasteiger partial charge in [0.15, 0.2) is 9.84 Å². The van der Waals surface area contributed by atoms with Gasteiger partial charge in [0.2, 0.25) is 0 Å². The van der Waals surface area contributed by atoms with Crippen LogP contribution in [0.1, 0.15) is 48.1 Å². The van der Waals surface area contributed by atoms with Gasteiger partial charge in [-0.15, -0.1) is 0 Å². The summed E-state index contributed by atoms with van der Waals surface area (Å²) in [4.78, 5) is 2.24. The van der Waals surface area contributed by atoms with Gasteiger partial charge >= 0.3 is 0 Å². The molecule has 3 aromatic carbocycles. The van der Waals surface area contributed by atoms with Crippen LogP contribution < -0.4 is 0 Å². The van der Waals surface area contributed by atoms with E-state index >= 15 is 4.39 Å². The van der Waals surface area contributed by atoms with E-state index in [4.69, 9.17) is 0 Å². The van der Waals surface area contributed by atoms with Gasteiger partial charge < -0.3 is 0 Å². The number of likely N-dealkylation sites (tertiary alicyclic amines) is 1. The minimum atomic E-state index is -3.45. The van der Waals surface area contributed by atoms with Crippen LogP contribution in [0.15, 0.2) is 71.6 Å². The van der Waals surface area contributed by atoms with E-state index in [0.717, 1.165) is 23.4 Å². The van der Waals surface area contributed by atoms with E-state index in [1.54, 1.807) is 30.3 Å². The number of hydrogen-bond donors (Lipinski definition) is 0. The van der Waals surface area contributed by atoms with Crippen LogP contribution in [0.2, 0.25) is 0 Å². The fourth-order valence-corrected chi connectivity index (χ4v) is 5.94. The molecular weight excluding hydrogens is 485 g/mol. The molecule has 4 nitrogen and oxygen atoms in total. The predicted molar refractivity (Wildman–Crippen MR) is 132 cm³/mol. The topological polar surface area (TPSA) is 61.2 Å². The number of hydrogen-bond acceptors (Lipinski definition) is 4. The summed E-state index contributed by atoms with van der Waals surface area (Å²) >= 11 is 0. The molecular formula is C28H27F3N2O2S. The Balaban J connectivity index is 1.71. The number of nitriles is 1. The van der Waals surface area contributed by atoms with Crippen molar-refractivity contribution < 1.29 is 21.6 Å². The molecule has 188 valence electrons. The van der Waals surface area contributed by atoms with Crippen LogP contribution in [0.3, 0.4) is 0 Å². The Morgan fingerprint density at radius 3 is 2.08 bits per heavy atom. The van der Waals surface area contributed by atoms with Gasteiger partial charge in [-0.25, -0.2) is 21.6 Å². The van der Waals surface area contributed by atoms with E-state index < -0.39 is 33.1 Å². The molecule has 1 heterocycles. The summed E-state index contributed by atoms with van der Waals surface area (Å²) in [5.41, 5.74) is 0.521. The molecule has 1 saturated heterocycles. The second-order valence-corrected chi connectivity index (χ2v) is 12.0. The fraction of sp³-hybridized carbons (Fsp3) is 0.321. The van der Waals surface area contributed by atoms with Gasteiger partial charge in [0, 0.05) is 31.3 Å². The van der Waals surface area contributed by atoms with Crippen molar-refractivity contribution in [2.45, 2.75) is 36.4 Å². The molecule has 0 N–H and O–H groups in total. The third kappa shape index (κ3) is 5.48. The van der Waals surface area contributed by atoms with Crippen molar-refractivity contribution in [1.82, 2.24) is 4.90 Å². The monoisotopic (exact) mass is 512 g/mol. The molecule has 0 spiro atoms. The average Bonchev–Trinajstić information content (AvgIpc) is 2.76. The fourth-order valence-electron chi connectivity index (χ4n) is 5.26. The Morgan fingerprint density at radius 1 is 0.944 bits per heavy atom. The normalized spacial score (nSPS) is 16.7. The Morgan fingerprint density at radius 2 is 1.53 bits per heavy atom. The Labute approximate surface area is 209 Å². The van der Waals surface area contributed by atoms with Crippen molar-refractivity contribution in [2.75, 3.05) is 19.3 Å². The van der Waals surface area contributed by atoms with Crippen molar-refractivity contribution >= 4 is 9.84 Å². The number of alkyl halides is 1. The van der Waals surface area contributed by atoms with Crippen molar-refractivity contribution in [3.63, 3.8) is 0 Å². The summed E-state index contributed by atoms with van der Waals surface area (Å²) in [5, 5.41) is 9.40. The van der Waals surface area contributed by atoms with Gasteiger partial charge in [-0.05, 0) is 72.9 Å². The highest BCUT2D eigenvalue weighted by molar-refractivity contribution is 7.90. The molecule has 1 unspecified atom stereocenters. The van der Waals surface area contributed by atoms with Crippen molar-refractivity contribution in [2.24, 2.45) is 5.92 Å². The lowest BCUT2D eigenvalue weighted by Gasteiger charge is -2.50. The summed E-state index contributed by atoms with van der Waals surface area (Å²) in [6.07, 6.45) is 1.14. The van der Waals surface area contributed by atoms with Gasteiger partial charge in [-0.2, -0.15) is 5.26 Å². The number of rotatable bonds is 7. The Hall–Kier alpha value is -3.15. The third-order valence-corrected chi connectivity index (χ3v) is 7.80. The first-order valence-corrected chi connectivity index (χ1v) is 13.4. The van der Waals surface area contributed by atoms with E-state index in [1.807, 2.05) is 12.1 Å². The average molecular weight is 513 g/mol.